The third-order valence-corrected chi connectivity index (χ3v) is 7.12. The van der Waals surface area contributed by atoms with Gasteiger partial charge in [-0.3, -0.25) is 9.10 Å². The van der Waals surface area contributed by atoms with Crippen molar-refractivity contribution in [1.82, 2.24) is 5.32 Å². The standard InChI is InChI=1S/C23H27ClF3N3O3S/c1-16-4-3-11-29(14-16)19-8-5-17(6-9-19)13-28-22(31)15-30(34(2,32)33)21-12-18(23(25,26)27)7-10-20(21)24/h5-10,12,16H,3-4,11,13-15H2,1-2H3,(H,28,31). The zero-order valence-corrected chi connectivity index (χ0v) is 20.5. The minimum absolute atomic E-state index is 0.142. The summed E-state index contributed by atoms with van der Waals surface area (Å²) < 4.78 is 64.4. The number of alkyl halides is 3. The van der Waals surface area contributed by atoms with Gasteiger partial charge in [-0.15, -0.1) is 0 Å². The van der Waals surface area contributed by atoms with E-state index in [9.17, 15) is 26.4 Å². The first-order valence-corrected chi connectivity index (χ1v) is 13.0. The fourth-order valence-corrected chi connectivity index (χ4v) is 5.03. The van der Waals surface area contributed by atoms with Gasteiger partial charge in [0.15, 0.2) is 0 Å². The van der Waals surface area contributed by atoms with Crippen LogP contribution < -0.4 is 14.5 Å². The normalized spacial score (nSPS) is 16.9. The molecule has 6 nitrogen and oxygen atoms in total. The van der Waals surface area contributed by atoms with Crippen molar-refractivity contribution in [3.63, 3.8) is 0 Å². The van der Waals surface area contributed by atoms with Crippen LogP contribution in [0.3, 0.4) is 0 Å². The van der Waals surface area contributed by atoms with Gasteiger partial charge in [-0.2, -0.15) is 13.2 Å². The maximum Gasteiger partial charge on any atom is 0.416 e. The van der Waals surface area contributed by atoms with E-state index in [2.05, 4.69) is 17.1 Å². The first-order valence-electron chi connectivity index (χ1n) is 10.8. The van der Waals surface area contributed by atoms with E-state index in [4.69, 9.17) is 11.6 Å². The molecule has 0 radical (unpaired) electrons. The molecule has 0 spiro atoms. The highest BCUT2D eigenvalue weighted by Gasteiger charge is 2.33. The van der Waals surface area contributed by atoms with Crippen LogP contribution >= 0.6 is 11.6 Å². The Morgan fingerprint density at radius 1 is 1.21 bits per heavy atom. The van der Waals surface area contributed by atoms with Crippen LogP contribution in [-0.4, -0.2) is 40.2 Å². The first-order chi connectivity index (χ1) is 15.8. The van der Waals surface area contributed by atoms with E-state index >= 15 is 0 Å². The molecule has 1 aliphatic heterocycles. The monoisotopic (exact) mass is 517 g/mol. The van der Waals surface area contributed by atoms with Crippen molar-refractivity contribution in [1.29, 1.82) is 0 Å². The van der Waals surface area contributed by atoms with Gasteiger partial charge in [0.1, 0.15) is 6.54 Å². The second-order valence-electron chi connectivity index (χ2n) is 8.57. The number of benzene rings is 2. The van der Waals surface area contributed by atoms with Gasteiger partial charge < -0.3 is 10.2 Å². The number of carbonyl (C=O) groups excluding carboxylic acids is 1. The molecule has 11 heteroatoms. The lowest BCUT2D eigenvalue weighted by molar-refractivity contribution is -0.137. The van der Waals surface area contributed by atoms with Crippen molar-refractivity contribution in [3.8, 4) is 0 Å². The van der Waals surface area contributed by atoms with Gasteiger partial charge in [-0.25, -0.2) is 8.42 Å². The molecular weight excluding hydrogens is 491 g/mol. The van der Waals surface area contributed by atoms with Gasteiger partial charge in [0.2, 0.25) is 15.9 Å². The zero-order valence-electron chi connectivity index (χ0n) is 18.9. The smallest absolute Gasteiger partial charge is 0.371 e. The highest BCUT2D eigenvalue weighted by Crippen LogP contribution is 2.36. The lowest BCUT2D eigenvalue weighted by atomic mass is 9.99. The van der Waals surface area contributed by atoms with Crippen molar-refractivity contribution < 1.29 is 26.4 Å². The molecule has 1 heterocycles. The Morgan fingerprint density at radius 2 is 1.88 bits per heavy atom. The van der Waals surface area contributed by atoms with Crippen molar-refractivity contribution in [2.24, 2.45) is 5.92 Å². The van der Waals surface area contributed by atoms with Crippen LogP contribution in [0, 0.1) is 5.92 Å². The van der Waals surface area contributed by atoms with E-state index in [1.807, 2.05) is 24.3 Å². The lowest BCUT2D eigenvalue weighted by Crippen LogP contribution is -2.40. The van der Waals surface area contributed by atoms with Gasteiger partial charge in [0.05, 0.1) is 22.5 Å². The number of carbonyl (C=O) groups is 1. The molecule has 2 aromatic carbocycles. The fraction of sp³-hybridized carbons (Fsp3) is 0.435. The molecule has 0 aromatic heterocycles. The van der Waals surface area contributed by atoms with E-state index in [1.54, 1.807) is 0 Å². The Hall–Kier alpha value is -2.46. The molecule has 1 fully saturated rings. The van der Waals surface area contributed by atoms with Crippen LogP contribution in [0.15, 0.2) is 42.5 Å². The minimum atomic E-state index is -4.69. The summed E-state index contributed by atoms with van der Waals surface area (Å²) in [5.74, 6) is -0.0383. The van der Waals surface area contributed by atoms with Crippen molar-refractivity contribution >= 4 is 38.9 Å². The van der Waals surface area contributed by atoms with Crippen LogP contribution in [0.1, 0.15) is 30.9 Å². The predicted molar refractivity (Wildman–Crippen MR) is 128 cm³/mol. The topological polar surface area (TPSA) is 69.7 Å². The number of hydrogen-bond acceptors (Lipinski definition) is 4. The number of nitrogens with zero attached hydrogens (tertiary/aromatic N) is 2. The number of halogens is 4. The van der Waals surface area contributed by atoms with Gasteiger partial charge >= 0.3 is 6.18 Å². The molecule has 1 aliphatic rings. The third-order valence-electron chi connectivity index (χ3n) is 5.68. The molecule has 2 aromatic rings. The Balaban J connectivity index is 1.67. The first kappa shape index (κ1) is 26.2. The quantitative estimate of drug-likeness (QED) is 0.579. The van der Waals surface area contributed by atoms with E-state index < -0.39 is 39.9 Å². The molecule has 1 unspecified atom stereocenters. The Bertz CT molecular complexity index is 1120. The van der Waals surface area contributed by atoms with Crippen LogP contribution in [0.25, 0.3) is 0 Å². The fourth-order valence-electron chi connectivity index (χ4n) is 3.90. The number of hydrogen-bond donors (Lipinski definition) is 1. The second-order valence-corrected chi connectivity index (χ2v) is 10.9. The Kier molecular flexibility index (Phi) is 8.02. The van der Waals surface area contributed by atoms with Crippen LogP contribution in [-0.2, 0) is 27.5 Å². The number of sulfonamides is 1. The molecule has 1 amide bonds. The number of piperidine rings is 1. The molecular formula is C23H27ClF3N3O3S. The summed E-state index contributed by atoms with van der Waals surface area (Å²) in [6, 6.07) is 10.0. The van der Waals surface area contributed by atoms with Crippen molar-refractivity contribution in [2.45, 2.75) is 32.5 Å². The summed E-state index contributed by atoms with van der Waals surface area (Å²) in [5.41, 5.74) is 0.438. The van der Waals surface area contributed by atoms with E-state index in [-0.39, 0.29) is 11.6 Å². The van der Waals surface area contributed by atoms with Gasteiger partial charge in [-0.1, -0.05) is 30.7 Å². The van der Waals surface area contributed by atoms with Gasteiger partial charge in [-0.05, 0) is 54.7 Å². The molecule has 1 atom stereocenters. The molecule has 1 N–H and O–H groups in total. The van der Waals surface area contributed by atoms with Crippen molar-refractivity contribution in [3.05, 3.63) is 58.6 Å². The Labute approximate surface area is 202 Å². The van der Waals surface area contributed by atoms with Crippen LogP contribution in [0.5, 0.6) is 0 Å². The minimum Gasteiger partial charge on any atom is -0.371 e. The van der Waals surface area contributed by atoms with Crippen LogP contribution in [0.4, 0.5) is 24.5 Å². The third kappa shape index (κ3) is 6.79. The van der Waals surface area contributed by atoms with E-state index in [0.717, 1.165) is 49.1 Å². The van der Waals surface area contributed by atoms with E-state index in [1.165, 1.54) is 6.42 Å². The average molecular weight is 518 g/mol. The summed E-state index contributed by atoms with van der Waals surface area (Å²) in [4.78, 5) is 14.8. The Morgan fingerprint density at radius 3 is 2.47 bits per heavy atom. The molecule has 0 bridgehead atoms. The predicted octanol–water partition coefficient (Wildman–Crippen LogP) is 4.68. The summed E-state index contributed by atoms with van der Waals surface area (Å²) >= 11 is 5.98. The highest BCUT2D eigenvalue weighted by molar-refractivity contribution is 7.92. The lowest BCUT2D eigenvalue weighted by Gasteiger charge is -2.32. The summed E-state index contributed by atoms with van der Waals surface area (Å²) in [5, 5.41) is 2.40. The van der Waals surface area contributed by atoms with Gasteiger partial charge in [0.25, 0.3) is 0 Å². The maximum absolute atomic E-state index is 13.1. The van der Waals surface area contributed by atoms with Crippen molar-refractivity contribution in [2.75, 3.05) is 35.1 Å². The number of amides is 1. The summed E-state index contributed by atoms with van der Waals surface area (Å²) in [6.07, 6.45) is -1.53. The summed E-state index contributed by atoms with van der Waals surface area (Å²) in [7, 11) is -4.09. The maximum atomic E-state index is 13.1. The SMILES string of the molecule is CC1CCCN(c2ccc(CNC(=O)CN(c3cc(C(F)(F)F)ccc3Cl)S(C)(=O)=O)cc2)C1. The van der Waals surface area contributed by atoms with Gasteiger partial charge in [0, 0.05) is 25.3 Å². The number of rotatable bonds is 7. The molecule has 186 valence electrons. The molecule has 3 rings (SSSR count). The summed E-state index contributed by atoms with van der Waals surface area (Å²) in [6.45, 7) is 3.66. The molecule has 0 aliphatic carbocycles. The average Bonchev–Trinajstić information content (AvgIpc) is 2.75. The zero-order chi connectivity index (χ0) is 25.1. The molecule has 1 saturated heterocycles. The second kappa shape index (κ2) is 10.4. The molecule has 0 saturated carbocycles. The largest absolute Gasteiger partial charge is 0.416 e. The number of nitrogens with one attached hydrogen (secondary N) is 1. The van der Waals surface area contributed by atoms with Crippen LogP contribution in [0.2, 0.25) is 5.02 Å². The highest BCUT2D eigenvalue weighted by atomic mass is 35.5. The molecule has 34 heavy (non-hydrogen) atoms. The van der Waals surface area contributed by atoms with E-state index in [0.29, 0.717) is 16.3 Å². The number of anilines is 2.